The zero-order valence-corrected chi connectivity index (χ0v) is 22.3. The average molecular weight is 523 g/mol. The highest BCUT2D eigenvalue weighted by molar-refractivity contribution is 7.22. The fraction of sp³-hybridized carbons (Fsp3) is 0.194. The van der Waals surface area contributed by atoms with Crippen LogP contribution in [-0.2, 0) is 4.79 Å². The summed E-state index contributed by atoms with van der Waals surface area (Å²) in [5.74, 6) is -1.37. The first kappa shape index (κ1) is 24.1. The molecule has 2 aromatic heterocycles. The van der Waals surface area contributed by atoms with Crippen LogP contribution in [0.3, 0.4) is 0 Å². The number of aliphatic hydroxyl groups excluding tert-OH is 1. The summed E-state index contributed by atoms with van der Waals surface area (Å²) in [5.41, 5.74) is 5.29. The van der Waals surface area contributed by atoms with Gasteiger partial charge < -0.3 is 9.52 Å². The normalized spacial score (nSPS) is 16.0. The molecule has 1 atom stereocenters. The lowest BCUT2D eigenvalue weighted by Gasteiger charge is -2.24. The zero-order chi connectivity index (χ0) is 26.7. The molecule has 0 saturated carbocycles. The Morgan fingerprint density at radius 2 is 1.79 bits per heavy atom. The molecule has 0 radical (unpaired) electrons. The number of para-hydroxylation sites is 1. The Hall–Kier alpha value is -4.23. The molecule has 38 heavy (non-hydrogen) atoms. The third kappa shape index (κ3) is 3.82. The quantitative estimate of drug-likeness (QED) is 0.241. The van der Waals surface area contributed by atoms with Gasteiger partial charge in [0.2, 0.25) is 5.78 Å². The van der Waals surface area contributed by atoms with E-state index >= 15 is 0 Å². The van der Waals surface area contributed by atoms with Crippen molar-refractivity contribution in [2.75, 3.05) is 4.90 Å². The number of hydrogen-bond acceptors (Lipinski definition) is 6. The molecule has 6 nitrogen and oxygen atoms in total. The minimum absolute atomic E-state index is 0.0153. The lowest BCUT2D eigenvalue weighted by molar-refractivity contribution is -0.117. The van der Waals surface area contributed by atoms with Crippen LogP contribution in [0.1, 0.15) is 58.6 Å². The minimum atomic E-state index is -0.855. The summed E-state index contributed by atoms with van der Waals surface area (Å²) in [5, 5.41) is 12.3. The molecule has 0 bridgehead atoms. The van der Waals surface area contributed by atoms with Gasteiger partial charge in [-0.2, -0.15) is 0 Å². The van der Waals surface area contributed by atoms with E-state index in [0.717, 1.165) is 32.3 Å². The Bertz CT molecular complexity index is 1740. The second-order valence-electron chi connectivity index (χ2n) is 10.1. The van der Waals surface area contributed by atoms with Crippen LogP contribution in [0.5, 0.6) is 0 Å². The summed E-state index contributed by atoms with van der Waals surface area (Å²) in [6, 6.07) is 20.0. The highest BCUT2D eigenvalue weighted by Gasteiger charge is 2.46. The van der Waals surface area contributed by atoms with Crippen molar-refractivity contribution < 1.29 is 19.1 Å². The van der Waals surface area contributed by atoms with Crippen molar-refractivity contribution >= 4 is 49.3 Å². The molecule has 7 heteroatoms. The number of benzene rings is 3. The molecule has 1 N–H and O–H groups in total. The van der Waals surface area contributed by atoms with E-state index in [4.69, 9.17) is 9.40 Å². The van der Waals surface area contributed by atoms with E-state index in [1.165, 1.54) is 16.2 Å². The van der Waals surface area contributed by atoms with Gasteiger partial charge in [0.15, 0.2) is 16.7 Å². The molecule has 3 aromatic carbocycles. The van der Waals surface area contributed by atoms with Crippen molar-refractivity contribution in [2.45, 2.75) is 39.7 Å². The summed E-state index contributed by atoms with van der Waals surface area (Å²) in [4.78, 5) is 33.7. The van der Waals surface area contributed by atoms with E-state index in [-0.39, 0.29) is 11.3 Å². The molecule has 0 saturated heterocycles. The molecule has 6 rings (SSSR count). The summed E-state index contributed by atoms with van der Waals surface area (Å²) < 4.78 is 6.78. The number of rotatable bonds is 5. The first-order valence-electron chi connectivity index (χ1n) is 12.5. The number of Topliss-reactive ketones (excluding diaryl/α,β-unsaturated/α-hetero) is 1. The van der Waals surface area contributed by atoms with Gasteiger partial charge in [-0.3, -0.25) is 14.5 Å². The van der Waals surface area contributed by atoms with Gasteiger partial charge >= 0.3 is 0 Å². The van der Waals surface area contributed by atoms with Crippen LogP contribution in [0.2, 0.25) is 0 Å². The van der Waals surface area contributed by atoms with Crippen molar-refractivity contribution in [3.8, 4) is 0 Å². The van der Waals surface area contributed by atoms with Crippen LogP contribution in [-0.4, -0.2) is 21.8 Å². The largest absolute Gasteiger partial charge is 0.503 e. The van der Waals surface area contributed by atoms with Crippen molar-refractivity contribution in [1.29, 1.82) is 0 Å². The smallest absolute Gasteiger partial charge is 0.296 e. The molecule has 3 heterocycles. The van der Waals surface area contributed by atoms with Gasteiger partial charge in [-0.25, -0.2) is 4.98 Å². The predicted octanol–water partition coefficient (Wildman–Crippen LogP) is 7.57. The number of thiazole rings is 1. The number of aromatic nitrogens is 1. The lowest BCUT2D eigenvalue weighted by Crippen LogP contribution is -2.31. The predicted molar refractivity (Wildman–Crippen MR) is 150 cm³/mol. The van der Waals surface area contributed by atoms with Crippen LogP contribution >= 0.6 is 11.3 Å². The number of ketones is 1. The summed E-state index contributed by atoms with van der Waals surface area (Å²) in [7, 11) is 0. The number of aliphatic hydroxyl groups is 1. The maximum absolute atomic E-state index is 13.9. The molecular weight excluding hydrogens is 496 g/mol. The van der Waals surface area contributed by atoms with Gasteiger partial charge in [-0.05, 0) is 60.2 Å². The van der Waals surface area contributed by atoms with Crippen molar-refractivity contribution in [3.63, 3.8) is 0 Å². The number of hydrogen-bond donors (Lipinski definition) is 1. The average Bonchev–Trinajstić information content (AvgIpc) is 3.58. The van der Waals surface area contributed by atoms with Gasteiger partial charge in [-0.15, -0.1) is 0 Å². The topological polar surface area (TPSA) is 83.6 Å². The fourth-order valence-corrected chi connectivity index (χ4v) is 6.27. The van der Waals surface area contributed by atoms with Gasteiger partial charge in [0, 0.05) is 5.39 Å². The van der Waals surface area contributed by atoms with E-state index in [1.54, 1.807) is 12.1 Å². The van der Waals surface area contributed by atoms with E-state index in [0.29, 0.717) is 22.2 Å². The van der Waals surface area contributed by atoms with Crippen LogP contribution in [0.15, 0.2) is 82.5 Å². The first-order valence-corrected chi connectivity index (χ1v) is 13.3. The second-order valence-corrected chi connectivity index (χ2v) is 11.1. The van der Waals surface area contributed by atoms with Crippen LogP contribution < -0.4 is 4.90 Å². The molecule has 5 aromatic rings. The molecule has 0 aliphatic carbocycles. The Labute approximate surface area is 223 Å². The second kappa shape index (κ2) is 8.96. The number of amides is 1. The molecule has 0 unspecified atom stereocenters. The number of anilines is 1. The van der Waals surface area contributed by atoms with Crippen molar-refractivity contribution in [1.82, 2.24) is 4.98 Å². The maximum atomic E-state index is 13.9. The zero-order valence-electron chi connectivity index (χ0n) is 21.5. The number of carbonyl (C=O) groups excluding carboxylic acids is 2. The van der Waals surface area contributed by atoms with Gasteiger partial charge in [-0.1, -0.05) is 73.7 Å². The number of nitrogens with zero attached hydrogens (tertiary/aromatic N) is 2. The van der Waals surface area contributed by atoms with E-state index < -0.39 is 23.5 Å². The summed E-state index contributed by atoms with van der Waals surface area (Å²) in [6.45, 7) is 8.21. The number of fused-ring (bicyclic) bond motifs is 2. The molecule has 1 amide bonds. The van der Waals surface area contributed by atoms with Gasteiger partial charge in [0.25, 0.3) is 5.91 Å². The Balaban J connectivity index is 1.52. The number of aryl methyl sites for hydroxylation is 2. The Morgan fingerprint density at radius 3 is 2.50 bits per heavy atom. The summed E-state index contributed by atoms with van der Waals surface area (Å²) in [6.07, 6.45) is 0. The van der Waals surface area contributed by atoms with Crippen molar-refractivity contribution in [2.24, 2.45) is 0 Å². The lowest BCUT2D eigenvalue weighted by atomic mass is 9.93. The highest BCUT2D eigenvalue weighted by atomic mass is 32.1. The third-order valence-electron chi connectivity index (χ3n) is 7.05. The molecular formula is C31H26N2O4S. The van der Waals surface area contributed by atoms with Gasteiger partial charge in [0.1, 0.15) is 5.58 Å². The Morgan fingerprint density at radius 1 is 1.05 bits per heavy atom. The highest BCUT2D eigenvalue weighted by Crippen LogP contribution is 2.45. The SMILES string of the molecule is Cc1cc(C)c2nc(N3C(=O)C(O)=C(C(=O)c4cc5ccccc5o4)[C@@H]3c3ccc(C(C)C)cc3)sc2c1. The van der Waals surface area contributed by atoms with E-state index in [2.05, 4.69) is 13.8 Å². The minimum Gasteiger partial charge on any atom is -0.503 e. The number of carbonyl (C=O) groups is 2. The monoisotopic (exact) mass is 522 g/mol. The molecule has 0 fully saturated rings. The number of furan rings is 1. The maximum Gasteiger partial charge on any atom is 0.296 e. The first-order chi connectivity index (χ1) is 18.2. The summed E-state index contributed by atoms with van der Waals surface area (Å²) >= 11 is 1.37. The Kier molecular flexibility index (Phi) is 5.69. The van der Waals surface area contributed by atoms with E-state index in [1.807, 2.05) is 68.4 Å². The van der Waals surface area contributed by atoms with Crippen LogP contribution in [0, 0.1) is 13.8 Å². The standard InChI is InChI=1S/C31H26N2O4S/c1-16(2)19-9-11-20(12-10-19)27-25(28(34)23-15-21-7-5-6-8-22(21)37-23)29(35)30(36)33(27)31-32-26-18(4)13-17(3)14-24(26)38-31/h5-16,27,35H,1-4H3/t27-/m0/s1. The molecule has 1 aliphatic rings. The van der Waals surface area contributed by atoms with Crippen LogP contribution in [0.25, 0.3) is 21.2 Å². The van der Waals surface area contributed by atoms with Crippen molar-refractivity contribution in [3.05, 3.63) is 106 Å². The third-order valence-corrected chi connectivity index (χ3v) is 8.05. The molecule has 0 spiro atoms. The van der Waals surface area contributed by atoms with E-state index in [9.17, 15) is 14.7 Å². The van der Waals surface area contributed by atoms with Crippen LogP contribution in [0.4, 0.5) is 5.13 Å². The fourth-order valence-electron chi connectivity index (χ4n) is 5.10. The molecule has 190 valence electrons. The van der Waals surface area contributed by atoms with Gasteiger partial charge in [0.05, 0.1) is 21.8 Å². The molecule has 1 aliphatic heterocycles.